The van der Waals surface area contributed by atoms with Gasteiger partial charge in [-0.3, -0.25) is 14.5 Å². The van der Waals surface area contributed by atoms with E-state index in [0.717, 1.165) is 33.4 Å². The number of nitrogens with zero attached hydrogens (tertiary/aromatic N) is 4. The molecule has 5 rings (SSSR count). The number of anilines is 1. The molecule has 10 heteroatoms. The highest BCUT2D eigenvalue weighted by Gasteiger charge is 2.57. The van der Waals surface area contributed by atoms with Crippen LogP contribution in [0.1, 0.15) is 29.7 Å². The highest BCUT2D eigenvalue weighted by Crippen LogP contribution is 2.55. The summed E-state index contributed by atoms with van der Waals surface area (Å²) < 4.78 is 42.3. The van der Waals surface area contributed by atoms with Crippen LogP contribution >= 0.6 is 0 Å². The summed E-state index contributed by atoms with van der Waals surface area (Å²) in [6.07, 6.45) is 4.75. The van der Waals surface area contributed by atoms with E-state index in [1.54, 1.807) is 10.9 Å². The third-order valence-corrected chi connectivity index (χ3v) is 6.64. The number of aromatic nitrogens is 3. The molecule has 178 valence electrons. The van der Waals surface area contributed by atoms with Gasteiger partial charge >= 0.3 is 0 Å². The Morgan fingerprint density at radius 2 is 1.82 bits per heavy atom. The van der Waals surface area contributed by atoms with E-state index in [4.69, 9.17) is 15.2 Å². The number of fused-ring (bicyclic) bond motifs is 2. The number of hydrogen-bond acceptors (Lipinski definition) is 6. The predicted octanol–water partition coefficient (Wildman–Crippen LogP) is 3.09. The maximum atomic E-state index is 15.2. The van der Waals surface area contributed by atoms with Crippen molar-refractivity contribution in [3.63, 3.8) is 0 Å². The molecule has 0 unspecified atom stereocenters. The summed E-state index contributed by atoms with van der Waals surface area (Å²) in [5.41, 5.74) is 8.30. The van der Waals surface area contributed by atoms with Gasteiger partial charge in [-0.1, -0.05) is 0 Å². The molecule has 1 aliphatic heterocycles. The first-order valence-corrected chi connectivity index (χ1v) is 11.0. The second kappa shape index (κ2) is 8.05. The van der Waals surface area contributed by atoms with Gasteiger partial charge in [-0.05, 0) is 37.0 Å². The first kappa shape index (κ1) is 22.3. The Labute approximate surface area is 195 Å². The van der Waals surface area contributed by atoms with Gasteiger partial charge in [-0.15, -0.1) is 0 Å². The minimum absolute atomic E-state index is 0.0151. The van der Waals surface area contributed by atoms with Gasteiger partial charge in [0.15, 0.2) is 23.1 Å². The molecule has 1 saturated carbocycles. The number of carbonyl (C=O) groups excluding carboxylic acids is 1. The van der Waals surface area contributed by atoms with Gasteiger partial charge in [0.05, 0.1) is 44.1 Å². The fourth-order valence-corrected chi connectivity index (χ4v) is 4.73. The molecule has 1 aliphatic carbocycles. The van der Waals surface area contributed by atoms with E-state index in [1.165, 1.54) is 14.2 Å². The van der Waals surface area contributed by atoms with Gasteiger partial charge in [0.25, 0.3) is 0 Å². The van der Waals surface area contributed by atoms with E-state index in [-0.39, 0.29) is 24.0 Å². The second-order valence-corrected chi connectivity index (χ2v) is 8.64. The zero-order valence-electron chi connectivity index (χ0n) is 19.2. The van der Waals surface area contributed by atoms with Gasteiger partial charge in [-0.25, -0.2) is 8.78 Å². The molecule has 2 aromatic heterocycles. The third-order valence-electron chi connectivity index (χ3n) is 6.64. The average Bonchev–Trinajstić information content (AvgIpc) is 3.54. The van der Waals surface area contributed by atoms with Crippen molar-refractivity contribution in [1.29, 1.82) is 0 Å². The molecule has 1 spiro atoms. The van der Waals surface area contributed by atoms with Crippen molar-refractivity contribution in [2.45, 2.75) is 38.3 Å². The Morgan fingerprint density at radius 1 is 1.15 bits per heavy atom. The number of rotatable bonds is 6. The van der Waals surface area contributed by atoms with Crippen LogP contribution in [0.15, 0.2) is 24.5 Å². The minimum atomic E-state index is -0.944. The largest absolute Gasteiger partial charge is 0.493 e. The molecular weight excluding hydrogens is 444 g/mol. The number of benzene rings is 1. The highest BCUT2D eigenvalue weighted by molar-refractivity contribution is 6.05. The van der Waals surface area contributed by atoms with Gasteiger partial charge < -0.3 is 20.1 Å². The Balaban J connectivity index is 1.60. The number of methoxy groups -OCH3 is 2. The van der Waals surface area contributed by atoms with Crippen molar-refractivity contribution in [3.05, 3.63) is 53.0 Å². The Bertz CT molecular complexity index is 1270. The highest BCUT2D eigenvalue weighted by atomic mass is 19.1. The molecule has 0 atom stereocenters. The van der Waals surface area contributed by atoms with E-state index < -0.39 is 22.7 Å². The molecule has 0 radical (unpaired) electrons. The number of hydrogen-bond donors (Lipinski definition) is 1. The van der Waals surface area contributed by atoms with Gasteiger partial charge in [0, 0.05) is 30.6 Å². The number of aryl methyl sites for hydroxylation is 1. The third kappa shape index (κ3) is 3.24. The molecular formula is C24H25F2N5O3. The lowest BCUT2D eigenvalue weighted by atomic mass is 9.86. The van der Waals surface area contributed by atoms with Crippen LogP contribution in [0.25, 0.3) is 11.3 Å². The van der Waals surface area contributed by atoms with Crippen LogP contribution in [0.4, 0.5) is 14.5 Å². The Hall–Kier alpha value is -3.53. The number of pyridine rings is 1. The molecule has 1 aromatic carbocycles. The molecule has 1 fully saturated rings. The number of amides is 1. The first-order chi connectivity index (χ1) is 16.3. The van der Waals surface area contributed by atoms with Crippen LogP contribution in [-0.2, 0) is 23.3 Å². The van der Waals surface area contributed by atoms with Crippen molar-refractivity contribution in [2.75, 3.05) is 25.7 Å². The van der Waals surface area contributed by atoms with Gasteiger partial charge in [0.1, 0.15) is 5.69 Å². The molecule has 3 aromatic rings. The maximum Gasteiger partial charge on any atom is 0.238 e. The number of carbonyl (C=O) groups is 1. The molecule has 3 heterocycles. The summed E-state index contributed by atoms with van der Waals surface area (Å²) in [4.78, 5) is 19.4. The normalized spacial score (nSPS) is 16.1. The molecule has 2 aliphatic rings. The first-order valence-electron chi connectivity index (χ1n) is 11.0. The fraction of sp³-hybridized carbons (Fsp3) is 0.375. The van der Waals surface area contributed by atoms with Crippen molar-refractivity contribution >= 4 is 11.6 Å². The van der Waals surface area contributed by atoms with Crippen LogP contribution in [0, 0.1) is 18.6 Å². The van der Waals surface area contributed by atoms with Crippen molar-refractivity contribution in [3.8, 4) is 22.8 Å². The summed E-state index contributed by atoms with van der Waals surface area (Å²) in [7, 11) is 2.55. The van der Waals surface area contributed by atoms with Crippen LogP contribution in [-0.4, -0.2) is 41.4 Å². The van der Waals surface area contributed by atoms with Crippen LogP contribution < -0.4 is 20.1 Å². The molecule has 2 N–H and O–H groups in total. The van der Waals surface area contributed by atoms with E-state index in [0.29, 0.717) is 31.6 Å². The summed E-state index contributed by atoms with van der Waals surface area (Å²) in [5.74, 6) is -2.63. The molecule has 1 amide bonds. The zero-order chi connectivity index (χ0) is 24.2. The van der Waals surface area contributed by atoms with Crippen LogP contribution in [0.2, 0.25) is 0 Å². The van der Waals surface area contributed by atoms with E-state index in [2.05, 4.69) is 10.1 Å². The van der Waals surface area contributed by atoms with Gasteiger partial charge in [0.2, 0.25) is 5.91 Å². The summed E-state index contributed by atoms with van der Waals surface area (Å²) in [6.45, 7) is 2.93. The lowest BCUT2D eigenvalue weighted by molar-refractivity contribution is -0.121. The average molecular weight is 469 g/mol. The van der Waals surface area contributed by atoms with Crippen LogP contribution in [0.3, 0.4) is 0 Å². The predicted molar refractivity (Wildman–Crippen MR) is 121 cm³/mol. The number of nitrogens with two attached hydrogens (primary N) is 1. The second-order valence-electron chi connectivity index (χ2n) is 8.64. The van der Waals surface area contributed by atoms with Crippen molar-refractivity contribution in [1.82, 2.24) is 14.8 Å². The number of ether oxygens (including phenoxy) is 2. The molecule has 0 saturated heterocycles. The Kier molecular flexibility index (Phi) is 5.27. The summed E-state index contributed by atoms with van der Waals surface area (Å²) >= 11 is 0. The quantitative estimate of drug-likeness (QED) is 0.596. The topological polar surface area (TPSA) is 95.5 Å². The minimum Gasteiger partial charge on any atom is -0.493 e. The standard InChI is InChI=1S/C24H25F2N5O3/c1-13-15(12-30(29-13)7-6-27)17-8-16-14(10-28-17)11-31(23(32)24(16)4-5-24)22-20(25)18(33-2)9-19(34-3)21(22)26/h8-10,12H,4-7,11,27H2,1-3H3. The van der Waals surface area contributed by atoms with Crippen molar-refractivity contribution in [2.24, 2.45) is 5.73 Å². The SMILES string of the molecule is COc1cc(OC)c(F)c(N2Cc3cnc(-c4cn(CCN)nc4C)cc3C3(CC3)C2=O)c1F. The summed E-state index contributed by atoms with van der Waals surface area (Å²) in [6, 6.07) is 3.04. The van der Waals surface area contributed by atoms with Gasteiger partial charge in [-0.2, -0.15) is 5.10 Å². The Morgan fingerprint density at radius 3 is 2.41 bits per heavy atom. The lowest BCUT2D eigenvalue weighted by Crippen LogP contribution is -2.45. The van der Waals surface area contributed by atoms with Crippen LogP contribution in [0.5, 0.6) is 11.5 Å². The molecule has 0 bridgehead atoms. The molecule has 8 nitrogen and oxygen atoms in total. The van der Waals surface area contributed by atoms with Crippen molar-refractivity contribution < 1.29 is 23.0 Å². The monoisotopic (exact) mass is 469 g/mol. The zero-order valence-corrected chi connectivity index (χ0v) is 19.2. The maximum absolute atomic E-state index is 15.2. The molecule has 34 heavy (non-hydrogen) atoms. The number of halogens is 2. The smallest absolute Gasteiger partial charge is 0.238 e. The lowest BCUT2D eigenvalue weighted by Gasteiger charge is -2.35. The van der Waals surface area contributed by atoms with E-state index in [9.17, 15) is 4.79 Å². The van der Waals surface area contributed by atoms with E-state index >= 15 is 8.78 Å². The fourth-order valence-electron chi connectivity index (χ4n) is 4.73. The summed E-state index contributed by atoms with van der Waals surface area (Å²) in [5, 5.41) is 4.47. The van der Waals surface area contributed by atoms with E-state index in [1.807, 2.05) is 19.2 Å².